The molecule has 4 heteroatoms. The summed E-state index contributed by atoms with van der Waals surface area (Å²) in [6.45, 7) is 4.18. The Morgan fingerprint density at radius 3 is 2.88 bits per heavy atom. The molecule has 0 radical (unpaired) electrons. The lowest BCUT2D eigenvalue weighted by molar-refractivity contribution is 0.664. The topological polar surface area (TPSA) is 37.8 Å². The van der Waals surface area contributed by atoms with Gasteiger partial charge < -0.3 is 5.32 Å². The fraction of sp³-hybridized carbons (Fsp3) is 0.333. The highest BCUT2D eigenvalue weighted by atomic mass is 32.1. The highest BCUT2D eigenvalue weighted by molar-refractivity contribution is 7.12. The van der Waals surface area contributed by atoms with Gasteiger partial charge in [0.15, 0.2) is 0 Å². The molecule has 0 aliphatic carbocycles. The molecular formula is C12H15N3S. The number of hydrogen-bond acceptors (Lipinski definition) is 4. The summed E-state index contributed by atoms with van der Waals surface area (Å²) in [5.41, 5.74) is 2.14. The molecule has 16 heavy (non-hydrogen) atoms. The second kappa shape index (κ2) is 4.72. The van der Waals surface area contributed by atoms with Gasteiger partial charge >= 0.3 is 0 Å². The minimum Gasteiger partial charge on any atom is -0.312 e. The summed E-state index contributed by atoms with van der Waals surface area (Å²) in [6, 6.07) is 4.31. The first-order chi connectivity index (χ1) is 7.72. The van der Waals surface area contributed by atoms with E-state index in [1.54, 1.807) is 17.5 Å². The summed E-state index contributed by atoms with van der Waals surface area (Å²) in [7, 11) is 1.97. The van der Waals surface area contributed by atoms with Crippen molar-refractivity contribution in [2.45, 2.75) is 19.9 Å². The molecule has 0 spiro atoms. The number of nitrogens with one attached hydrogen (secondary N) is 1. The molecule has 1 unspecified atom stereocenters. The summed E-state index contributed by atoms with van der Waals surface area (Å²) in [4.78, 5) is 10.0. The Morgan fingerprint density at radius 1 is 1.44 bits per heavy atom. The SMILES string of the molecule is CNC(C)c1sc(C)nc1-c1cccnc1. The quantitative estimate of drug-likeness (QED) is 0.885. The predicted octanol–water partition coefficient (Wildman–Crippen LogP) is 2.79. The Labute approximate surface area is 99.6 Å². The van der Waals surface area contributed by atoms with Crippen molar-refractivity contribution in [2.24, 2.45) is 0 Å². The molecule has 2 aromatic heterocycles. The normalized spacial score (nSPS) is 12.7. The molecule has 0 aliphatic rings. The highest BCUT2D eigenvalue weighted by Crippen LogP contribution is 2.31. The van der Waals surface area contributed by atoms with Crippen LogP contribution in [0.25, 0.3) is 11.3 Å². The minimum absolute atomic E-state index is 0.321. The van der Waals surface area contributed by atoms with E-state index in [2.05, 4.69) is 22.2 Å². The lowest BCUT2D eigenvalue weighted by Crippen LogP contribution is -2.11. The van der Waals surface area contributed by atoms with Crippen LogP contribution in [0.4, 0.5) is 0 Å². The van der Waals surface area contributed by atoms with Gasteiger partial charge in [-0.15, -0.1) is 11.3 Å². The largest absolute Gasteiger partial charge is 0.312 e. The van der Waals surface area contributed by atoms with Gasteiger partial charge in [-0.25, -0.2) is 4.98 Å². The van der Waals surface area contributed by atoms with Gasteiger partial charge in [0, 0.05) is 28.9 Å². The summed E-state index contributed by atoms with van der Waals surface area (Å²) in [5.74, 6) is 0. The van der Waals surface area contributed by atoms with E-state index < -0.39 is 0 Å². The van der Waals surface area contributed by atoms with Crippen molar-refractivity contribution >= 4 is 11.3 Å². The monoisotopic (exact) mass is 233 g/mol. The molecule has 2 aromatic rings. The van der Waals surface area contributed by atoms with Crippen molar-refractivity contribution in [2.75, 3.05) is 7.05 Å². The Kier molecular flexibility index (Phi) is 3.31. The highest BCUT2D eigenvalue weighted by Gasteiger charge is 2.15. The minimum atomic E-state index is 0.321. The van der Waals surface area contributed by atoms with Gasteiger partial charge in [0.05, 0.1) is 10.7 Å². The maximum Gasteiger partial charge on any atom is 0.0905 e. The number of pyridine rings is 1. The fourth-order valence-corrected chi connectivity index (χ4v) is 2.59. The van der Waals surface area contributed by atoms with Crippen LogP contribution in [-0.2, 0) is 0 Å². The maximum atomic E-state index is 4.59. The van der Waals surface area contributed by atoms with Crippen LogP contribution in [0.5, 0.6) is 0 Å². The summed E-state index contributed by atoms with van der Waals surface area (Å²) in [5, 5.41) is 4.35. The number of aromatic nitrogens is 2. The molecule has 0 amide bonds. The number of aryl methyl sites for hydroxylation is 1. The van der Waals surface area contributed by atoms with Gasteiger partial charge in [0.2, 0.25) is 0 Å². The smallest absolute Gasteiger partial charge is 0.0905 e. The van der Waals surface area contributed by atoms with Gasteiger partial charge in [-0.05, 0) is 33.0 Å². The molecule has 0 saturated heterocycles. The Morgan fingerprint density at radius 2 is 2.25 bits per heavy atom. The lowest BCUT2D eigenvalue weighted by Gasteiger charge is -2.09. The molecule has 3 nitrogen and oxygen atoms in total. The summed E-state index contributed by atoms with van der Waals surface area (Å²) in [6.07, 6.45) is 3.64. The van der Waals surface area contributed by atoms with E-state index >= 15 is 0 Å². The molecule has 0 saturated carbocycles. The fourth-order valence-electron chi connectivity index (χ4n) is 1.58. The van der Waals surface area contributed by atoms with E-state index in [1.807, 2.05) is 32.3 Å². The number of hydrogen-bond donors (Lipinski definition) is 1. The van der Waals surface area contributed by atoms with Gasteiger partial charge in [-0.2, -0.15) is 0 Å². The molecule has 1 N–H and O–H groups in total. The van der Waals surface area contributed by atoms with E-state index in [4.69, 9.17) is 0 Å². The van der Waals surface area contributed by atoms with Crippen molar-refractivity contribution in [3.8, 4) is 11.3 Å². The first kappa shape index (κ1) is 11.2. The second-order valence-corrected chi connectivity index (χ2v) is 4.93. The van der Waals surface area contributed by atoms with E-state index in [0.29, 0.717) is 6.04 Å². The molecule has 0 aromatic carbocycles. The van der Waals surface area contributed by atoms with E-state index in [9.17, 15) is 0 Å². The average Bonchev–Trinajstić information content (AvgIpc) is 2.71. The van der Waals surface area contributed by atoms with Crippen molar-refractivity contribution < 1.29 is 0 Å². The Balaban J connectivity index is 2.48. The standard InChI is InChI=1S/C12H15N3S/c1-8(13-3)12-11(15-9(2)16-12)10-5-4-6-14-7-10/h4-8,13H,1-3H3. The first-order valence-corrected chi connectivity index (χ1v) is 6.09. The third kappa shape index (κ3) is 2.13. The lowest BCUT2D eigenvalue weighted by atomic mass is 10.1. The Bertz CT molecular complexity index is 464. The molecule has 0 aliphatic heterocycles. The van der Waals surface area contributed by atoms with Gasteiger partial charge in [-0.1, -0.05) is 0 Å². The molecule has 2 rings (SSSR count). The maximum absolute atomic E-state index is 4.59. The first-order valence-electron chi connectivity index (χ1n) is 5.27. The van der Waals surface area contributed by atoms with Crippen LogP contribution < -0.4 is 5.32 Å². The van der Waals surface area contributed by atoms with E-state index in [-0.39, 0.29) is 0 Å². The van der Waals surface area contributed by atoms with Crippen LogP contribution in [0.2, 0.25) is 0 Å². The number of nitrogens with zero attached hydrogens (tertiary/aromatic N) is 2. The molecular weight excluding hydrogens is 218 g/mol. The molecule has 84 valence electrons. The van der Waals surface area contributed by atoms with Crippen molar-refractivity contribution in [3.63, 3.8) is 0 Å². The third-order valence-corrected chi connectivity index (χ3v) is 3.68. The molecule has 0 bridgehead atoms. The summed E-state index contributed by atoms with van der Waals surface area (Å²) >= 11 is 1.74. The zero-order valence-corrected chi connectivity index (χ0v) is 10.5. The number of thiazole rings is 1. The van der Waals surface area contributed by atoms with Crippen molar-refractivity contribution in [3.05, 3.63) is 34.4 Å². The van der Waals surface area contributed by atoms with Gasteiger partial charge in [0.25, 0.3) is 0 Å². The van der Waals surface area contributed by atoms with Crippen LogP contribution in [-0.4, -0.2) is 17.0 Å². The zero-order valence-electron chi connectivity index (χ0n) is 9.69. The average molecular weight is 233 g/mol. The Hall–Kier alpha value is -1.26. The third-order valence-electron chi connectivity index (χ3n) is 2.52. The van der Waals surface area contributed by atoms with Crippen molar-refractivity contribution in [1.82, 2.24) is 15.3 Å². The zero-order chi connectivity index (χ0) is 11.5. The van der Waals surface area contributed by atoms with E-state index in [1.165, 1.54) is 4.88 Å². The van der Waals surface area contributed by atoms with Gasteiger partial charge in [-0.3, -0.25) is 4.98 Å². The van der Waals surface area contributed by atoms with Crippen LogP contribution in [0, 0.1) is 6.92 Å². The molecule has 0 fully saturated rings. The van der Waals surface area contributed by atoms with Crippen molar-refractivity contribution in [1.29, 1.82) is 0 Å². The molecule has 2 heterocycles. The van der Waals surface area contributed by atoms with Crippen LogP contribution in [0.15, 0.2) is 24.5 Å². The van der Waals surface area contributed by atoms with E-state index in [0.717, 1.165) is 16.3 Å². The van der Waals surface area contributed by atoms with Crippen LogP contribution in [0.3, 0.4) is 0 Å². The van der Waals surface area contributed by atoms with Crippen LogP contribution >= 0.6 is 11.3 Å². The molecule has 1 atom stereocenters. The van der Waals surface area contributed by atoms with Gasteiger partial charge in [0.1, 0.15) is 0 Å². The predicted molar refractivity (Wildman–Crippen MR) is 67.6 cm³/mol. The second-order valence-electron chi connectivity index (χ2n) is 3.70. The number of rotatable bonds is 3. The summed E-state index contributed by atoms with van der Waals surface area (Å²) < 4.78 is 0. The van der Waals surface area contributed by atoms with Crippen LogP contribution in [0.1, 0.15) is 22.9 Å².